The Hall–Kier alpha value is -3.68. The molecule has 0 aliphatic carbocycles. The number of carbonyl (C=O) groups excluding carboxylic acids is 2. The molecule has 35 heavy (non-hydrogen) atoms. The first-order valence-electron chi connectivity index (χ1n) is 11.5. The summed E-state index contributed by atoms with van der Waals surface area (Å²) in [6.07, 6.45) is 0.773. The second kappa shape index (κ2) is 8.83. The van der Waals surface area contributed by atoms with Gasteiger partial charge in [-0.2, -0.15) is 0 Å². The molecule has 6 nitrogen and oxygen atoms in total. The van der Waals surface area contributed by atoms with Gasteiger partial charge in [-0.1, -0.05) is 54.2 Å². The molecule has 3 aromatic carbocycles. The first kappa shape index (κ1) is 21.8. The van der Waals surface area contributed by atoms with Crippen molar-refractivity contribution in [1.29, 1.82) is 0 Å². The molecule has 0 fully saturated rings. The Kier molecular flexibility index (Phi) is 5.51. The number of benzene rings is 3. The fraction of sp³-hybridized carbons (Fsp3) is 0.179. The summed E-state index contributed by atoms with van der Waals surface area (Å²) < 4.78 is 5.70. The van der Waals surface area contributed by atoms with E-state index in [9.17, 15) is 9.59 Å². The van der Waals surface area contributed by atoms with Crippen molar-refractivity contribution in [3.63, 3.8) is 0 Å². The molecule has 0 saturated heterocycles. The van der Waals surface area contributed by atoms with E-state index in [0.29, 0.717) is 12.1 Å². The summed E-state index contributed by atoms with van der Waals surface area (Å²) in [6, 6.07) is 23.2. The molecule has 174 valence electrons. The van der Waals surface area contributed by atoms with Crippen LogP contribution in [0.4, 0.5) is 11.4 Å². The molecule has 4 aromatic rings. The highest BCUT2D eigenvalue weighted by Gasteiger charge is 2.30. The maximum atomic E-state index is 13.5. The number of aromatic nitrogens is 1. The number of hydrogen-bond donors (Lipinski definition) is 0. The van der Waals surface area contributed by atoms with Crippen LogP contribution in [0.15, 0.2) is 82.6 Å². The van der Waals surface area contributed by atoms with Crippen LogP contribution in [-0.2, 0) is 22.5 Å². The summed E-state index contributed by atoms with van der Waals surface area (Å²) in [5.74, 6) is -0.778. The molecule has 0 spiro atoms. The first-order valence-corrected chi connectivity index (χ1v) is 12.4. The molecule has 0 atom stereocenters. The van der Waals surface area contributed by atoms with Gasteiger partial charge in [0.2, 0.25) is 0 Å². The zero-order valence-corrected chi connectivity index (χ0v) is 20.0. The fourth-order valence-corrected chi connectivity index (χ4v) is 5.85. The van der Waals surface area contributed by atoms with Crippen LogP contribution in [0.3, 0.4) is 0 Å². The molecule has 1 aromatic heterocycles. The summed E-state index contributed by atoms with van der Waals surface area (Å²) in [5, 5.41) is 0.754. The van der Waals surface area contributed by atoms with Gasteiger partial charge < -0.3 is 9.64 Å². The molecule has 2 aliphatic rings. The minimum Gasteiger partial charge on any atom is -0.452 e. The van der Waals surface area contributed by atoms with E-state index in [0.717, 1.165) is 56.3 Å². The molecule has 0 radical (unpaired) electrons. The molecule has 0 unspecified atom stereocenters. The van der Waals surface area contributed by atoms with Crippen molar-refractivity contribution in [3.05, 3.63) is 89.6 Å². The molecular formula is C28H23N3O3S. The van der Waals surface area contributed by atoms with Gasteiger partial charge in [0.15, 0.2) is 6.61 Å². The van der Waals surface area contributed by atoms with Crippen LogP contribution < -0.4 is 4.90 Å². The molecule has 0 N–H and O–H groups in total. The number of nitrogens with zero attached hydrogens (tertiary/aromatic N) is 3. The molecule has 0 saturated carbocycles. The van der Waals surface area contributed by atoms with E-state index >= 15 is 0 Å². The number of ether oxygens (including phenoxy) is 1. The highest BCUT2D eigenvalue weighted by Crippen LogP contribution is 2.47. The maximum Gasteiger partial charge on any atom is 0.339 e. The number of amides is 1. The van der Waals surface area contributed by atoms with E-state index in [2.05, 4.69) is 4.90 Å². The van der Waals surface area contributed by atoms with Gasteiger partial charge in [-0.3, -0.25) is 14.7 Å². The van der Waals surface area contributed by atoms with Gasteiger partial charge in [0.05, 0.1) is 22.5 Å². The average Bonchev–Trinajstić information content (AvgIpc) is 2.88. The van der Waals surface area contributed by atoms with Crippen LogP contribution in [0.5, 0.6) is 0 Å². The molecule has 6 rings (SSSR count). The van der Waals surface area contributed by atoms with Crippen LogP contribution in [0.25, 0.3) is 10.9 Å². The fourth-order valence-electron chi connectivity index (χ4n) is 4.80. The summed E-state index contributed by atoms with van der Waals surface area (Å²) in [5.41, 5.74) is 4.69. The molecule has 1 amide bonds. The lowest BCUT2D eigenvalue weighted by Gasteiger charge is -2.31. The van der Waals surface area contributed by atoms with Crippen molar-refractivity contribution in [2.24, 2.45) is 0 Å². The topological polar surface area (TPSA) is 62.7 Å². The Morgan fingerprint density at radius 3 is 2.34 bits per heavy atom. The summed E-state index contributed by atoms with van der Waals surface area (Å²) in [7, 11) is 2.03. The normalized spacial score (nSPS) is 14.7. The van der Waals surface area contributed by atoms with Gasteiger partial charge in [-0.25, -0.2) is 4.79 Å². The molecule has 7 heteroatoms. The SMILES string of the molecule is CN1CCc2nc3ccccc3c(C(=O)OCC(=O)N3c4ccccc4Sc4ccccc43)c2C1. The Labute approximate surface area is 207 Å². The second-order valence-electron chi connectivity index (χ2n) is 8.76. The van der Waals surface area contributed by atoms with Gasteiger partial charge in [0.1, 0.15) is 0 Å². The monoisotopic (exact) mass is 481 g/mol. The Bertz CT molecular complexity index is 1440. The van der Waals surface area contributed by atoms with Crippen LogP contribution >= 0.6 is 11.8 Å². The van der Waals surface area contributed by atoms with Crippen LogP contribution in [0.1, 0.15) is 21.6 Å². The first-order chi connectivity index (χ1) is 17.1. The minimum absolute atomic E-state index is 0.289. The molecule has 3 heterocycles. The summed E-state index contributed by atoms with van der Waals surface area (Å²) >= 11 is 1.63. The third-order valence-electron chi connectivity index (χ3n) is 6.45. The van der Waals surface area contributed by atoms with Crippen LogP contribution in [0, 0.1) is 0 Å². The third kappa shape index (κ3) is 3.87. The number of anilines is 2. The number of hydrogen-bond acceptors (Lipinski definition) is 6. The quantitative estimate of drug-likeness (QED) is 0.375. The van der Waals surface area contributed by atoms with E-state index in [1.165, 1.54) is 0 Å². The second-order valence-corrected chi connectivity index (χ2v) is 9.84. The van der Waals surface area contributed by atoms with Gasteiger partial charge >= 0.3 is 5.97 Å². The largest absolute Gasteiger partial charge is 0.452 e. The van der Waals surface area contributed by atoms with E-state index in [1.807, 2.05) is 79.8 Å². The number of esters is 1. The highest BCUT2D eigenvalue weighted by molar-refractivity contribution is 7.99. The van der Waals surface area contributed by atoms with Crippen LogP contribution in [0.2, 0.25) is 0 Å². The molecule has 2 aliphatic heterocycles. The van der Waals surface area contributed by atoms with Crippen molar-refractivity contribution < 1.29 is 14.3 Å². The average molecular weight is 482 g/mol. The van der Waals surface area contributed by atoms with Crippen molar-refractivity contribution in [2.45, 2.75) is 22.8 Å². The minimum atomic E-state index is -0.489. The molecule has 0 bridgehead atoms. The Morgan fingerprint density at radius 1 is 0.943 bits per heavy atom. The highest BCUT2D eigenvalue weighted by atomic mass is 32.2. The summed E-state index contributed by atoms with van der Waals surface area (Å²) in [4.78, 5) is 37.6. The van der Waals surface area contributed by atoms with Crippen LogP contribution in [-0.4, -0.2) is 42.0 Å². The third-order valence-corrected chi connectivity index (χ3v) is 7.58. The predicted octanol–water partition coefficient (Wildman–Crippen LogP) is 5.21. The lowest BCUT2D eigenvalue weighted by atomic mass is 9.96. The zero-order valence-electron chi connectivity index (χ0n) is 19.2. The summed E-state index contributed by atoms with van der Waals surface area (Å²) in [6.45, 7) is 1.15. The van der Waals surface area contributed by atoms with E-state index in [4.69, 9.17) is 9.72 Å². The number of likely N-dealkylation sites (N-methyl/N-ethyl adjacent to an activating group) is 1. The van der Waals surface area contributed by atoms with Gasteiger partial charge in [0.25, 0.3) is 5.91 Å². The van der Waals surface area contributed by atoms with Gasteiger partial charge in [-0.15, -0.1) is 0 Å². The Balaban J connectivity index is 1.32. The number of fused-ring (bicyclic) bond motifs is 4. The number of para-hydroxylation sites is 3. The predicted molar refractivity (Wildman–Crippen MR) is 136 cm³/mol. The zero-order chi connectivity index (χ0) is 23.9. The van der Waals surface area contributed by atoms with Gasteiger partial charge in [0, 0.05) is 45.9 Å². The van der Waals surface area contributed by atoms with Crippen molar-refractivity contribution in [1.82, 2.24) is 9.88 Å². The van der Waals surface area contributed by atoms with Crippen molar-refractivity contribution in [2.75, 3.05) is 25.1 Å². The standard InChI is InChI=1S/C28H23N3O3S/c1-30-15-14-21-19(16-30)27(18-8-2-3-9-20(18)29-21)28(33)34-17-26(32)31-22-10-4-6-12-24(22)35-25-13-7-5-11-23(25)31/h2-13H,14-17H2,1H3. The van der Waals surface area contributed by atoms with E-state index in [1.54, 1.807) is 16.7 Å². The van der Waals surface area contributed by atoms with Gasteiger partial charge in [-0.05, 0) is 37.4 Å². The number of pyridine rings is 1. The number of carbonyl (C=O) groups is 2. The smallest absolute Gasteiger partial charge is 0.339 e. The maximum absolute atomic E-state index is 13.5. The van der Waals surface area contributed by atoms with E-state index < -0.39 is 5.97 Å². The van der Waals surface area contributed by atoms with Crippen molar-refractivity contribution in [3.8, 4) is 0 Å². The number of rotatable bonds is 3. The lowest BCUT2D eigenvalue weighted by Crippen LogP contribution is -2.33. The molecular weight excluding hydrogens is 458 g/mol. The van der Waals surface area contributed by atoms with E-state index in [-0.39, 0.29) is 12.5 Å². The Morgan fingerprint density at radius 2 is 1.60 bits per heavy atom. The lowest BCUT2D eigenvalue weighted by molar-refractivity contribution is -0.121. The van der Waals surface area contributed by atoms with Crippen molar-refractivity contribution >= 4 is 45.9 Å².